The predicted molar refractivity (Wildman–Crippen MR) is 67.5 cm³/mol. The van der Waals surface area contributed by atoms with Crippen LogP contribution in [0.5, 0.6) is 0 Å². The van der Waals surface area contributed by atoms with Gasteiger partial charge in [-0.3, -0.25) is 9.78 Å². The van der Waals surface area contributed by atoms with Gasteiger partial charge in [0.2, 0.25) is 0 Å². The number of Topliss-reactive ketones (excluding diaryl/α,β-unsaturated/α-hetero) is 1. The average Bonchev–Trinajstić information content (AvgIpc) is 2.57. The number of hydrogen-bond donors (Lipinski definition) is 0. The summed E-state index contributed by atoms with van der Waals surface area (Å²) in [7, 11) is 0. The first kappa shape index (κ1) is 11.8. The van der Waals surface area contributed by atoms with Crippen LogP contribution >= 0.6 is 15.9 Å². The summed E-state index contributed by atoms with van der Waals surface area (Å²) in [6, 6.07) is 3.70. The van der Waals surface area contributed by atoms with Crippen molar-refractivity contribution in [2.24, 2.45) is 5.92 Å². The molecule has 2 nitrogen and oxygen atoms in total. The van der Waals surface area contributed by atoms with E-state index in [-0.39, 0.29) is 11.7 Å². The van der Waals surface area contributed by atoms with Crippen molar-refractivity contribution in [1.82, 2.24) is 4.98 Å². The van der Waals surface area contributed by atoms with Crippen molar-refractivity contribution in [1.29, 1.82) is 0 Å². The van der Waals surface area contributed by atoms with E-state index in [1.54, 1.807) is 6.20 Å². The molecule has 0 aliphatic heterocycles. The van der Waals surface area contributed by atoms with Crippen LogP contribution in [-0.4, -0.2) is 10.8 Å². The van der Waals surface area contributed by atoms with Crippen molar-refractivity contribution in [2.75, 3.05) is 0 Å². The number of halogens is 1. The first-order valence-corrected chi connectivity index (χ1v) is 6.72. The fourth-order valence-corrected chi connectivity index (χ4v) is 2.51. The number of carbonyl (C=O) groups is 1. The van der Waals surface area contributed by atoms with Gasteiger partial charge in [-0.15, -0.1) is 0 Å². The maximum absolute atomic E-state index is 12.2. The smallest absolute Gasteiger partial charge is 0.184 e. The Bertz CT molecular complexity index is 353. The molecule has 86 valence electrons. The van der Waals surface area contributed by atoms with Crippen LogP contribution in [0, 0.1) is 5.92 Å². The van der Waals surface area contributed by atoms with E-state index in [1.165, 1.54) is 25.7 Å². The van der Waals surface area contributed by atoms with Crippen molar-refractivity contribution >= 4 is 21.7 Å². The zero-order valence-electron chi connectivity index (χ0n) is 9.29. The molecule has 0 amide bonds. The van der Waals surface area contributed by atoms with Gasteiger partial charge in [-0.05, 0) is 40.9 Å². The van der Waals surface area contributed by atoms with Gasteiger partial charge in [0.1, 0.15) is 5.69 Å². The number of carbonyl (C=O) groups excluding carboxylic acids is 1. The molecule has 1 fully saturated rings. The summed E-state index contributed by atoms with van der Waals surface area (Å²) in [6.07, 6.45) is 8.70. The zero-order chi connectivity index (χ0) is 11.4. The second-order valence-electron chi connectivity index (χ2n) is 4.41. The number of pyridine rings is 1. The third kappa shape index (κ3) is 2.91. The van der Waals surface area contributed by atoms with E-state index in [0.29, 0.717) is 5.69 Å². The minimum Gasteiger partial charge on any atom is -0.292 e. The molecule has 3 heteroatoms. The SMILES string of the molecule is O=C(c1ccc(Br)cn1)C1CCCCCC1. The summed E-state index contributed by atoms with van der Waals surface area (Å²) < 4.78 is 0.921. The summed E-state index contributed by atoms with van der Waals surface area (Å²) in [4.78, 5) is 16.4. The molecule has 0 spiro atoms. The van der Waals surface area contributed by atoms with Crippen molar-refractivity contribution in [3.8, 4) is 0 Å². The largest absolute Gasteiger partial charge is 0.292 e. The molecule has 0 unspecified atom stereocenters. The van der Waals surface area contributed by atoms with Gasteiger partial charge in [-0.1, -0.05) is 25.7 Å². The molecule has 2 rings (SSSR count). The van der Waals surface area contributed by atoms with Gasteiger partial charge in [0.15, 0.2) is 5.78 Å². The summed E-state index contributed by atoms with van der Waals surface area (Å²) in [5.74, 6) is 0.436. The van der Waals surface area contributed by atoms with Gasteiger partial charge < -0.3 is 0 Å². The van der Waals surface area contributed by atoms with E-state index in [0.717, 1.165) is 17.3 Å². The number of rotatable bonds is 2. The van der Waals surface area contributed by atoms with E-state index in [1.807, 2.05) is 12.1 Å². The van der Waals surface area contributed by atoms with Gasteiger partial charge in [0.05, 0.1) is 0 Å². The maximum atomic E-state index is 12.2. The summed E-state index contributed by atoms with van der Waals surface area (Å²) in [6.45, 7) is 0. The Morgan fingerprint density at radius 2 is 1.88 bits per heavy atom. The lowest BCUT2D eigenvalue weighted by molar-refractivity contribution is 0.0902. The Kier molecular flexibility index (Phi) is 4.10. The molecule has 1 aliphatic rings. The average molecular weight is 282 g/mol. The van der Waals surface area contributed by atoms with Crippen LogP contribution in [0.4, 0.5) is 0 Å². The van der Waals surface area contributed by atoms with Crippen LogP contribution in [0.1, 0.15) is 49.0 Å². The molecule has 1 saturated carbocycles. The molecule has 0 atom stereocenters. The second kappa shape index (κ2) is 5.58. The maximum Gasteiger partial charge on any atom is 0.184 e. The number of nitrogens with zero attached hydrogens (tertiary/aromatic N) is 1. The highest BCUT2D eigenvalue weighted by Gasteiger charge is 2.21. The van der Waals surface area contributed by atoms with Crippen molar-refractivity contribution in [3.63, 3.8) is 0 Å². The van der Waals surface area contributed by atoms with Gasteiger partial charge in [0, 0.05) is 16.6 Å². The molecule has 1 heterocycles. The van der Waals surface area contributed by atoms with E-state index in [4.69, 9.17) is 0 Å². The molecular weight excluding hydrogens is 266 g/mol. The minimum absolute atomic E-state index is 0.205. The Morgan fingerprint density at radius 1 is 1.19 bits per heavy atom. The van der Waals surface area contributed by atoms with Crippen molar-refractivity contribution in [2.45, 2.75) is 38.5 Å². The van der Waals surface area contributed by atoms with Gasteiger partial charge in [-0.25, -0.2) is 0 Å². The predicted octanol–water partition coefficient (Wildman–Crippen LogP) is 4.00. The Hall–Kier alpha value is -0.700. The highest BCUT2D eigenvalue weighted by Crippen LogP contribution is 2.25. The Balaban J connectivity index is 2.08. The van der Waals surface area contributed by atoms with Gasteiger partial charge in [-0.2, -0.15) is 0 Å². The normalized spacial score (nSPS) is 18.1. The molecule has 0 saturated heterocycles. The molecule has 1 aromatic heterocycles. The summed E-state index contributed by atoms with van der Waals surface area (Å²) >= 11 is 3.33. The lowest BCUT2D eigenvalue weighted by atomic mass is 9.93. The molecule has 16 heavy (non-hydrogen) atoms. The lowest BCUT2D eigenvalue weighted by Gasteiger charge is -2.11. The van der Waals surface area contributed by atoms with Crippen LogP contribution in [0.25, 0.3) is 0 Å². The molecule has 0 radical (unpaired) electrons. The van der Waals surface area contributed by atoms with Crippen molar-refractivity contribution in [3.05, 3.63) is 28.5 Å². The highest BCUT2D eigenvalue weighted by atomic mass is 79.9. The van der Waals surface area contributed by atoms with Crippen molar-refractivity contribution < 1.29 is 4.79 Å². The van der Waals surface area contributed by atoms with Crippen LogP contribution in [0.2, 0.25) is 0 Å². The second-order valence-corrected chi connectivity index (χ2v) is 5.33. The highest BCUT2D eigenvalue weighted by molar-refractivity contribution is 9.10. The molecular formula is C13H16BrNO. The topological polar surface area (TPSA) is 30.0 Å². The first-order valence-electron chi connectivity index (χ1n) is 5.93. The summed E-state index contributed by atoms with van der Waals surface area (Å²) in [5.41, 5.74) is 0.620. The molecule has 1 aromatic rings. The van der Waals surface area contributed by atoms with Crippen LogP contribution in [-0.2, 0) is 0 Å². The van der Waals surface area contributed by atoms with E-state index < -0.39 is 0 Å². The minimum atomic E-state index is 0.205. The lowest BCUT2D eigenvalue weighted by Crippen LogP contribution is -2.15. The Labute approximate surface area is 105 Å². The summed E-state index contributed by atoms with van der Waals surface area (Å²) in [5, 5.41) is 0. The molecule has 1 aliphatic carbocycles. The monoisotopic (exact) mass is 281 g/mol. The van der Waals surface area contributed by atoms with Crippen LogP contribution in [0.15, 0.2) is 22.8 Å². The third-order valence-corrected chi connectivity index (χ3v) is 3.67. The fourth-order valence-electron chi connectivity index (χ4n) is 2.27. The number of aromatic nitrogens is 1. The van der Waals surface area contributed by atoms with E-state index in [9.17, 15) is 4.79 Å². The molecule has 0 bridgehead atoms. The quantitative estimate of drug-likeness (QED) is 0.606. The Morgan fingerprint density at radius 3 is 2.44 bits per heavy atom. The molecule has 0 N–H and O–H groups in total. The van der Waals surface area contributed by atoms with E-state index in [2.05, 4.69) is 20.9 Å². The zero-order valence-corrected chi connectivity index (χ0v) is 10.9. The van der Waals surface area contributed by atoms with Crippen LogP contribution < -0.4 is 0 Å². The number of ketones is 1. The fraction of sp³-hybridized carbons (Fsp3) is 0.538. The number of hydrogen-bond acceptors (Lipinski definition) is 2. The van der Waals surface area contributed by atoms with E-state index >= 15 is 0 Å². The van der Waals surface area contributed by atoms with Gasteiger partial charge in [0.25, 0.3) is 0 Å². The first-order chi connectivity index (χ1) is 7.77. The van der Waals surface area contributed by atoms with Crippen LogP contribution in [0.3, 0.4) is 0 Å². The van der Waals surface area contributed by atoms with Gasteiger partial charge >= 0.3 is 0 Å². The third-order valence-electron chi connectivity index (χ3n) is 3.21. The molecule has 0 aromatic carbocycles. The standard InChI is InChI=1S/C13H16BrNO/c14-11-7-8-12(15-9-11)13(16)10-5-3-1-2-4-6-10/h7-10H,1-6H2.